The molecule has 1 N–H and O–H groups in total. The van der Waals surface area contributed by atoms with Gasteiger partial charge in [-0.3, -0.25) is 4.68 Å². The van der Waals surface area contributed by atoms with Gasteiger partial charge in [-0.05, 0) is 12.1 Å². The Balaban J connectivity index is 2.15. The number of aromatic nitrogens is 3. The van der Waals surface area contributed by atoms with Crippen LogP contribution in [0.4, 0.5) is 11.5 Å². The molecule has 1 aromatic heterocycles. The molecule has 0 bridgehead atoms. The van der Waals surface area contributed by atoms with E-state index in [2.05, 4.69) is 15.6 Å². The highest BCUT2D eigenvalue weighted by Crippen LogP contribution is 2.11. The van der Waals surface area contributed by atoms with Crippen LogP contribution in [0.5, 0.6) is 0 Å². The van der Waals surface area contributed by atoms with Gasteiger partial charge in [-0.1, -0.05) is 23.4 Å². The zero-order valence-corrected chi connectivity index (χ0v) is 7.31. The lowest BCUT2D eigenvalue weighted by atomic mass is 10.3. The second kappa shape index (κ2) is 3.26. The third-order valence-corrected chi connectivity index (χ3v) is 1.65. The molecule has 2 rings (SSSR count). The molecule has 0 atom stereocenters. The molecule has 4 nitrogen and oxygen atoms in total. The first-order chi connectivity index (χ1) is 6.34. The number of para-hydroxylation sites is 1. The lowest BCUT2D eigenvalue weighted by Crippen LogP contribution is -1.89. The van der Waals surface area contributed by atoms with E-state index in [1.807, 2.05) is 43.6 Å². The second-order valence-electron chi connectivity index (χ2n) is 2.77. The molecule has 13 heavy (non-hydrogen) atoms. The fraction of sp³-hybridized carbons (Fsp3) is 0.111. The van der Waals surface area contributed by atoms with Crippen molar-refractivity contribution < 1.29 is 0 Å². The maximum absolute atomic E-state index is 3.91. The lowest BCUT2D eigenvalue weighted by Gasteiger charge is -1.99. The van der Waals surface area contributed by atoms with Gasteiger partial charge >= 0.3 is 0 Å². The number of anilines is 2. The van der Waals surface area contributed by atoms with Crippen LogP contribution >= 0.6 is 0 Å². The average Bonchev–Trinajstić information content (AvgIpc) is 2.53. The van der Waals surface area contributed by atoms with Gasteiger partial charge in [0.15, 0.2) is 5.82 Å². The Morgan fingerprint density at radius 1 is 1.23 bits per heavy atom. The molecule has 0 aliphatic carbocycles. The van der Waals surface area contributed by atoms with Crippen molar-refractivity contribution in [3.63, 3.8) is 0 Å². The molecule has 66 valence electrons. The summed E-state index contributed by atoms with van der Waals surface area (Å²) in [5.74, 6) is 0.758. The lowest BCUT2D eigenvalue weighted by molar-refractivity contribution is 0.715. The van der Waals surface area contributed by atoms with Gasteiger partial charge < -0.3 is 5.32 Å². The van der Waals surface area contributed by atoms with Gasteiger partial charge in [-0.25, -0.2) is 0 Å². The van der Waals surface area contributed by atoms with E-state index in [0.29, 0.717) is 0 Å². The minimum absolute atomic E-state index is 0.758. The predicted molar refractivity (Wildman–Crippen MR) is 50.7 cm³/mol. The first kappa shape index (κ1) is 7.79. The van der Waals surface area contributed by atoms with E-state index in [1.54, 1.807) is 4.68 Å². The van der Waals surface area contributed by atoms with Crippen molar-refractivity contribution in [2.75, 3.05) is 5.32 Å². The monoisotopic (exact) mass is 174 g/mol. The molecule has 0 amide bonds. The minimum Gasteiger partial charge on any atom is -0.337 e. The second-order valence-corrected chi connectivity index (χ2v) is 2.77. The Kier molecular flexibility index (Phi) is 1.96. The normalized spacial score (nSPS) is 9.92. The van der Waals surface area contributed by atoms with Gasteiger partial charge in [0.25, 0.3) is 0 Å². The minimum atomic E-state index is 0.758. The van der Waals surface area contributed by atoms with Gasteiger partial charge in [-0.15, -0.1) is 5.10 Å². The number of rotatable bonds is 2. The molecule has 0 saturated carbocycles. The van der Waals surface area contributed by atoms with E-state index >= 15 is 0 Å². The summed E-state index contributed by atoms with van der Waals surface area (Å²) >= 11 is 0. The van der Waals surface area contributed by atoms with Gasteiger partial charge in [0.1, 0.15) is 0 Å². The van der Waals surface area contributed by atoms with E-state index in [-0.39, 0.29) is 0 Å². The van der Waals surface area contributed by atoms with E-state index in [4.69, 9.17) is 0 Å². The summed E-state index contributed by atoms with van der Waals surface area (Å²) in [6, 6.07) is 9.88. The van der Waals surface area contributed by atoms with Crippen molar-refractivity contribution in [3.8, 4) is 0 Å². The molecular weight excluding hydrogens is 164 g/mol. The van der Waals surface area contributed by atoms with Crippen LogP contribution in [0.25, 0.3) is 0 Å². The molecule has 0 radical (unpaired) electrons. The topological polar surface area (TPSA) is 42.7 Å². The highest BCUT2D eigenvalue weighted by molar-refractivity contribution is 5.54. The largest absolute Gasteiger partial charge is 0.337 e. The Labute approximate surface area is 76.2 Å². The number of benzene rings is 1. The summed E-state index contributed by atoms with van der Waals surface area (Å²) in [6.45, 7) is 0. The van der Waals surface area contributed by atoms with Gasteiger partial charge in [-0.2, -0.15) is 0 Å². The SMILES string of the molecule is Cn1cc(Nc2ccccc2)nn1. The smallest absolute Gasteiger partial charge is 0.172 e. The van der Waals surface area contributed by atoms with Crippen LogP contribution in [-0.4, -0.2) is 15.0 Å². The Hall–Kier alpha value is -1.84. The summed E-state index contributed by atoms with van der Waals surface area (Å²) < 4.78 is 1.66. The van der Waals surface area contributed by atoms with Crippen LogP contribution in [0.3, 0.4) is 0 Å². The quantitative estimate of drug-likeness (QED) is 0.751. The summed E-state index contributed by atoms with van der Waals surface area (Å²) in [6.07, 6.45) is 1.83. The van der Waals surface area contributed by atoms with Gasteiger partial charge in [0.2, 0.25) is 0 Å². The molecule has 2 aromatic rings. The molecule has 0 unspecified atom stereocenters. The highest BCUT2D eigenvalue weighted by atomic mass is 15.4. The molecular formula is C9H10N4. The van der Waals surface area contributed by atoms with Crippen LogP contribution in [0.2, 0.25) is 0 Å². The Morgan fingerprint density at radius 2 is 2.00 bits per heavy atom. The van der Waals surface area contributed by atoms with E-state index < -0.39 is 0 Å². The highest BCUT2D eigenvalue weighted by Gasteiger charge is 1.96. The molecule has 0 aliphatic rings. The summed E-state index contributed by atoms with van der Waals surface area (Å²) in [5.41, 5.74) is 1.02. The third-order valence-electron chi connectivity index (χ3n) is 1.65. The predicted octanol–water partition coefficient (Wildman–Crippen LogP) is 1.56. The van der Waals surface area contributed by atoms with Crippen LogP contribution in [0, 0.1) is 0 Å². The van der Waals surface area contributed by atoms with Crippen LogP contribution in [0.15, 0.2) is 36.5 Å². The fourth-order valence-corrected chi connectivity index (χ4v) is 1.07. The van der Waals surface area contributed by atoms with Gasteiger partial charge in [0.05, 0.1) is 6.20 Å². The van der Waals surface area contributed by atoms with Crippen molar-refractivity contribution >= 4 is 11.5 Å². The van der Waals surface area contributed by atoms with Crippen molar-refractivity contribution in [2.24, 2.45) is 7.05 Å². The van der Waals surface area contributed by atoms with Crippen LogP contribution in [-0.2, 0) is 7.05 Å². The number of hydrogen-bond acceptors (Lipinski definition) is 3. The maximum atomic E-state index is 3.91. The van der Waals surface area contributed by atoms with E-state index in [0.717, 1.165) is 11.5 Å². The molecule has 0 saturated heterocycles. The molecule has 1 aromatic carbocycles. The fourth-order valence-electron chi connectivity index (χ4n) is 1.07. The van der Waals surface area contributed by atoms with E-state index in [1.165, 1.54) is 0 Å². The van der Waals surface area contributed by atoms with Crippen molar-refractivity contribution in [3.05, 3.63) is 36.5 Å². The molecule has 4 heteroatoms. The van der Waals surface area contributed by atoms with Gasteiger partial charge in [0, 0.05) is 12.7 Å². The van der Waals surface area contributed by atoms with Crippen molar-refractivity contribution in [1.29, 1.82) is 0 Å². The first-order valence-electron chi connectivity index (χ1n) is 4.03. The molecule has 1 heterocycles. The van der Waals surface area contributed by atoms with Crippen LogP contribution in [0.1, 0.15) is 0 Å². The number of hydrogen-bond donors (Lipinski definition) is 1. The summed E-state index contributed by atoms with van der Waals surface area (Å²) in [4.78, 5) is 0. The maximum Gasteiger partial charge on any atom is 0.172 e. The van der Waals surface area contributed by atoms with E-state index in [9.17, 15) is 0 Å². The number of nitrogens with one attached hydrogen (secondary N) is 1. The zero-order valence-electron chi connectivity index (χ0n) is 7.31. The van der Waals surface area contributed by atoms with Crippen molar-refractivity contribution in [1.82, 2.24) is 15.0 Å². The Morgan fingerprint density at radius 3 is 2.62 bits per heavy atom. The number of nitrogens with zero attached hydrogens (tertiary/aromatic N) is 3. The molecule has 0 fully saturated rings. The van der Waals surface area contributed by atoms with Crippen LogP contribution < -0.4 is 5.32 Å². The standard InChI is InChI=1S/C9H10N4/c1-13-7-9(11-12-13)10-8-5-3-2-4-6-8/h2-7,10H,1H3. The van der Waals surface area contributed by atoms with Crippen molar-refractivity contribution in [2.45, 2.75) is 0 Å². The molecule has 0 spiro atoms. The number of aryl methyl sites for hydroxylation is 1. The average molecular weight is 174 g/mol. The molecule has 0 aliphatic heterocycles. The summed E-state index contributed by atoms with van der Waals surface area (Å²) in [7, 11) is 1.84. The third kappa shape index (κ3) is 1.84. The first-order valence-corrected chi connectivity index (χ1v) is 4.03. The summed E-state index contributed by atoms with van der Waals surface area (Å²) in [5, 5.41) is 10.9. The Bertz CT molecular complexity index is 380. The zero-order chi connectivity index (χ0) is 9.10.